The van der Waals surface area contributed by atoms with Crippen molar-refractivity contribution in [1.82, 2.24) is 4.98 Å². The van der Waals surface area contributed by atoms with Gasteiger partial charge < -0.3 is 10.5 Å². The third-order valence-electron chi connectivity index (χ3n) is 4.01. The summed E-state index contributed by atoms with van der Waals surface area (Å²) >= 11 is 1.48. The van der Waals surface area contributed by atoms with E-state index in [-0.39, 0.29) is 11.0 Å². The standard InChI is InChI=1S/C15H25N3O2S/c1-9-10(14(5,6)15(16)7-8-15)21-11(17-9)18-12(19)20-13(2,3)4/h7-8,16H2,1-6H3,(H,17,18,19). The van der Waals surface area contributed by atoms with Crippen LogP contribution in [0.1, 0.15) is 58.0 Å². The lowest BCUT2D eigenvalue weighted by Gasteiger charge is -2.31. The van der Waals surface area contributed by atoms with Crippen molar-refractivity contribution in [3.05, 3.63) is 10.6 Å². The van der Waals surface area contributed by atoms with E-state index < -0.39 is 11.7 Å². The number of hydrogen-bond donors (Lipinski definition) is 2. The lowest BCUT2D eigenvalue weighted by atomic mass is 9.80. The molecule has 1 amide bonds. The van der Waals surface area contributed by atoms with Crippen LogP contribution in [0.5, 0.6) is 0 Å². The van der Waals surface area contributed by atoms with Crippen LogP contribution in [0.2, 0.25) is 0 Å². The van der Waals surface area contributed by atoms with E-state index in [1.807, 2.05) is 27.7 Å². The number of nitrogens with two attached hydrogens (primary N) is 1. The molecule has 0 aliphatic heterocycles. The highest BCUT2D eigenvalue weighted by atomic mass is 32.1. The molecule has 2 rings (SSSR count). The lowest BCUT2D eigenvalue weighted by Crippen LogP contribution is -2.43. The van der Waals surface area contributed by atoms with Crippen LogP contribution in [0.3, 0.4) is 0 Å². The Balaban J connectivity index is 2.15. The van der Waals surface area contributed by atoms with Gasteiger partial charge in [0.15, 0.2) is 5.13 Å². The van der Waals surface area contributed by atoms with Crippen molar-refractivity contribution < 1.29 is 9.53 Å². The largest absolute Gasteiger partial charge is 0.444 e. The fourth-order valence-electron chi connectivity index (χ4n) is 2.41. The number of nitrogens with zero attached hydrogens (tertiary/aromatic N) is 1. The molecule has 1 heterocycles. The van der Waals surface area contributed by atoms with Crippen LogP contribution in [-0.2, 0) is 10.2 Å². The molecule has 5 nitrogen and oxygen atoms in total. The molecule has 0 radical (unpaired) electrons. The number of thiazole rings is 1. The Morgan fingerprint density at radius 3 is 2.38 bits per heavy atom. The SMILES string of the molecule is Cc1nc(NC(=O)OC(C)(C)C)sc1C(C)(C)C1(N)CC1. The molecule has 1 fully saturated rings. The van der Waals surface area contributed by atoms with E-state index in [4.69, 9.17) is 10.5 Å². The Morgan fingerprint density at radius 1 is 1.33 bits per heavy atom. The van der Waals surface area contributed by atoms with E-state index >= 15 is 0 Å². The molecular weight excluding hydrogens is 286 g/mol. The first-order valence-electron chi connectivity index (χ1n) is 7.21. The molecule has 0 unspecified atom stereocenters. The molecule has 0 spiro atoms. The number of hydrogen-bond acceptors (Lipinski definition) is 5. The van der Waals surface area contributed by atoms with Gasteiger partial charge in [0.25, 0.3) is 0 Å². The van der Waals surface area contributed by atoms with Gasteiger partial charge in [-0.3, -0.25) is 5.32 Å². The summed E-state index contributed by atoms with van der Waals surface area (Å²) in [7, 11) is 0. The first kappa shape index (κ1) is 16.2. The summed E-state index contributed by atoms with van der Waals surface area (Å²) in [5.41, 5.74) is 6.51. The second kappa shape index (κ2) is 4.95. The Bertz CT molecular complexity index is 554. The van der Waals surface area contributed by atoms with Gasteiger partial charge in [-0.25, -0.2) is 9.78 Å². The highest BCUT2D eigenvalue weighted by Gasteiger charge is 2.53. The first-order chi connectivity index (χ1) is 9.45. The van der Waals surface area contributed by atoms with E-state index in [1.165, 1.54) is 11.3 Å². The summed E-state index contributed by atoms with van der Waals surface area (Å²) in [4.78, 5) is 17.4. The molecule has 21 heavy (non-hydrogen) atoms. The molecule has 1 saturated carbocycles. The minimum absolute atomic E-state index is 0.136. The Labute approximate surface area is 130 Å². The molecule has 0 aromatic carbocycles. The maximum Gasteiger partial charge on any atom is 0.413 e. The van der Waals surface area contributed by atoms with Crippen LogP contribution >= 0.6 is 11.3 Å². The number of amides is 1. The molecule has 3 N–H and O–H groups in total. The highest BCUT2D eigenvalue weighted by molar-refractivity contribution is 7.16. The number of nitrogens with one attached hydrogen (secondary N) is 1. The van der Waals surface area contributed by atoms with Crippen LogP contribution in [0.4, 0.5) is 9.93 Å². The molecule has 0 bridgehead atoms. The number of aromatic nitrogens is 1. The van der Waals surface area contributed by atoms with Gasteiger partial charge in [0, 0.05) is 15.8 Å². The fraction of sp³-hybridized carbons (Fsp3) is 0.733. The molecule has 0 atom stereocenters. The molecule has 0 saturated heterocycles. The van der Waals surface area contributed by atoms with Crippen molar-refractivity contribution in [1.29, 1.82) is 0 Å². The Hall–Kier alpha value is -1.14. The molecule has 118 valence electrons. The van der Waals surface area contributed by atoms with E-state index in [0.717, 1.165) is 23.4 Å². The summed E-state index contributed by atoms with van der Waals surface area (Å²) in [6.45, 7) is 11.8. The van der Waals surface area contributed by atoms with Gasteiger partial charge in [-0.05, 0) is 40.5 Å². The lowest BCUT2D eigenvalue weighted by molar-refractivity contribution is 0.0636. The van der Waals surface area contributed by atoms with Gasteiger partial charge >= 0.3 is 6.09 Å². The topological polar surface area (TPSA) is 77.2 Å². The van der Waals surface area contributed by atoms with Crippen molar-refractivity contribution in [2.75, 3.05) is 5.32 Å². The predicted molar refractivity (Wildman–Crippen MR) is 85.9 cm³/mol. The minimum Gasteiger partial charge on any atom is -0.444 e. The molecular formula is C15H25N3O2S. The van der Waals surface area contributed by atoms with E-state index in [0.29, 0.717) is 5.13 Å². The van der Waals surface area contributed by atoms with E-state index in [9.17, 15) is 4.79 Å². The number of ether oxygens (including phenoxy) is 1. The van der Waals surface area contributed by atoms with Crippen molar-refractivity contribution >= 4 is 22.6 Å². The summed E-state index contributed by atoms with van der Waals surface area (Å²) in [5.74, 6) is 0. The fourth-order valence-corrected chi connectivity index (χ4v) is 3.57. The third-order valence-corrected chi connectivity index (χ3v) is 5.40. The molecule has 1 aromatic rings. The Morgan fingerprint density at radius 2 is 1.90 bits per heavy atom. The molecule has 1 aromatic heterocycles. The molecule has 1 aliphatic carbocycles. The summed E-state index contributed by atoms with van der Waals surface area (Å²) < 4.78 is 5.25. The van der Waals surface area contributed by atoms with Crippen molar-refractivity contribution in [2.24, 2.45) is 5.73 Å². The second-order valence-corrected chi connectivity index (χ2v) is 8.34. The monoisotopic (exact) mass is 311 g/mol. The van der Waals surface area contributed by atoms with Crippen LogP contribution in [0.15, 0.2) is 0 Å². The number of anilines is 1. The van der Waals surface area contributed by atoms with E-state index in [2.05, 4.69) is 24.1 Å². The van der Waals surface area contributed by atoms with Crippen molar-refractivity contribution in [2.45, 2.75) is 70.9 Å². The smallest absolute Gasteiger partial charge is 0.413 e. The van der Waals surface area contributed by atoms with Gasteiger partial charge in [-0.1, -0.05) is 13.8 Å². The minimum atomic E-state index is -0.520. The van der Waals surface area contributed by atoms with Crippen LogP contribution in [0.25, 0.3) is 0 Å². The van der Waals surface area contributed by atoms with Crippen LogP contribution < -0.4 is 11.1 Å². The number of carbonyl (C=O) groups is 1. The van der Waals surface area contributed by atoms with Gasteiger partial charge in [0.2, 0.25) is 0 Å². The quantitative estimate of drug-likeness (QED) is 0.894. The van der Waals surface area contributed by atoms with Crippen molar-refractivity contribution in [3.63, 3.8) is 0 Å². The number of aryl methyl sites for hydroxylation is 1. The number of rotatable bonds is 3. The summed E-state index contributed by atoms with van der Waals surface area (Å²) in [6, 6.07) is 0. The maximum atomic E-state index is 11.8. The van der Waals surface area contributed by atoms with Gasteiger partial charge in [0.1, 0.15) is 5.60 Å². The average Bonchev–Trinajstić information content (AvgIpc) is 2.92. The normalized spacial score (nSPS) is 17.5. The number of carbonyl (C=O) groups excluding carboxylic acids is 1. The first-order valence-corrected chi connectivity index (χ1v) is 8.03. The highest BCUT2D eigenvalue weighted by Crippen LogP contribution is 2.51. The zero-order valence-corrected chi connectivity index (χ0v) is 14.5. The third kappa shape index (κ3) is 3.37. The summed E-state index contributed by atoms with van der Waals surface area (Å²) in [5, 5.41) is 3.27. The predicted octanol–water partition coefficient (Wildman–Crippen LogP) is 3.57. The zero-order chi connectivity index (χ0) is 16.1. The zero-order valence-electron chi connectivity index (χ0n) is 13.7. The summed E-state index contributed by atoms with van der Waals surface area (Å²) in [6.07, 6.45) is 1.59. The van der Waals surface area contributed by atoms with Gasteiger partial charge in [-0.15, -0.1) is 11.3 Å². The second-order valence-electron chi connectivity index (χ2n) is 7.34. The maximum absolute atomic E-state index is 11.8. The van der Waals surface area contributed by atoms with Gasteiger partial charge in [0.05, 0.1) is 5.69 Å². The van der Waals surface area contributed by atoms with Crippen molar-refractivity contribution in [3.8, 4) is 0 Å². The average molecular weight is 311 g/mol. The Kier molecular flexibility index (Phi) is 3.83. The van der Waals surface area contributed by atoms with Crippen LogP contribution in [0, 0.1) is 6.92 Å². The van der Waals surface area contributed by atoms with E-state index in [1.54, 1.807) is 0 Å². The van der Waals surface area contributed by atoms with Gasteiger partial charge in [-0.2, -0.15) is 0 Å². The molecule has 6 heteroatoms. The van der Waals surface area contributed by atoms with Crippen LogP contribution in [-0.4, -0.2) is 22.2 Å². The molecule has 1 aliphatic rings.